The van der Waals surface area contributed by atoms with Crippen molar-refractivity contribution in [1.29, 1.82) is 0 Å². The molecule has 1 unspecified atom stereocenters. The van der Waals surface area contributed by atoms with Crippen LogP contribution in [0.2, 0.25) is 0 Å². The molecule has 0 bridgehead atoms. The molecule has 0 saturated heterocycles. The number of urea groups is 1. The number of methoxy groups -OCH3 is 1. The van der Waals surface area contributed by atoms with E-state index in [0.717, 1.165) is 10.9 Å². The van der Waals surface area contributed by atoms with Crippen molar-refractivity contribution in [3.8, 4) is 5.75 Å². The normalized spacial score (nSPS) is 11.7. The Hall–Kier alpha value is -3.23. The second-order valence-electron chi connectivity index (χ2n) is 5.73. The summed E-state index contributed by atoms with van der Waals surface area (Å²) < 4.78 is 7.01. The number of nitrogens with one attached hydrogen (secondary N) is 2. The highest BCUT2D eigenvalue weighted by atomic mass is 16.5. The van der Waals surface area contributed by atoms with Crippen molar-refractivity contribution in [3.05, 3.63) is 30.5 Å². The summed E-state index contributed by atoms with van der Waals surface area (Å²) in [6.45, 7) is 0.233. The number of carboxylic acids is 1. The van der Waals surface area contributed by atoms with E-state index in [1.807, 2.05) is 24.3 Å². The standard InChI is InChI=1S/C17H22N4O5/c1-26-14-6-2-5-13-11(14)7-9-21(13)10-15(22)20-12(16(23)24)4-3-8-19-17(18)25/h2,5-7,9,12H,3-4,8,10H2,1H3,(H,20,22)(H,23,24)(H3,18,19,25). The molecule has 0 aliphatic carbocycles. The molecule has 1 aromatic carbocycles. The van der Waals surface area contributed by atoms with Crippen molar-refractivity contribution >= 4 is 28.8 Å². The summed E-state index contributed by atoms with van der Waals surface area (Å²) in [6, 6.07) is 5.64. The van der Waals surface area contributed by atoms with Crippen LogP contribution in [0, 0.1) is 0 Å². The number of aliphatic carboxylic acids is 1. The first kappa shape index (κ1) is 19.1. The van der Waals surface area contributed by atoms with E-state index >= 15 is 0 Å². The smallest absolute Gasteiger partial charge is 0.326 e. The summed E-state index contributed by atoms with van der Waals surface area (Å²) in [5.74, 6) is -0.843. The minimum Gasteiger partial charge on any atom is -0.496 e. The molecule has 0 fully saturated rings. The zero-order chi connectivity index (χ0) is 19.1. The SMILES string of the molecule is COc1cccc2c1ccn2CC(=O)NC(CCCNC(N)=O)C(=O)O. The van der Waals surface area contributed by atoms with Gasteiger partial charge in [-0.05, 0) is 31.0 Å². The number of benzene rings is 1. The Balaban J connectivity index is 1.97. The van der Waals surface area contributed by atoms with Crippen LogP contribution < -0.4 is 21.1 Å². The Kier molecular flexibility index (Phi) is 6.42. The molecule has 1 aromatic heterocycles. The minimum atomic E-state index is -1.13. The van der Waals surface area contributed by atoms with Crippen molar-refractivity contribution in [3.63, 3.8) is 0 Å². The average Bonchev–Trinajstić information content (AvgIpc) is 3.00. The van der Waals surface area contributed by atoms with Gasteiger partial charge in [0.15, 0.2) is 0 Å². The predicted molar refractivity (Wildman–Crippen MR) is 94.9 cm³/mol. The van der Waals surface area contributed by atoms with Gasteiger partial charge in [0, 0.05) is 18.1 Å². The molecule has 0 aliphatic rings. The number of rotatable bonds is 9. The average molecular weight is 362 g/mol. The van der Waals surface area contributed by atoms with Gasteiger partial charge in [0.2, 0.25) is 5.91 Å². The molecule has 0 spiro atoms. The van der Waals surface area contributed by atoms with Crippen LogP contribution in [0.25, 0.3) is 10.9 Å². The molecule has 9 heteroatoms. The van der Waals surface area contributed by atoms with Crippen molar-refractivity contribution in [1.82, 2.24) is 15.2 Å². The number of hydrogen-bond acceptors (Lipinski definition) is 4. The topological polar surface area (TPSA) is 136 Å². The Morgan fingerprint density at radius 3 is 2.73 bits per heavy atom. The number of fused-ring (bicyclic) bond motifs is 1. The Morgan fingerprint density at radius 1 is 1.31 bits per heavy atom. The predicted octanol–water partition coefficient (Wildman–Crippen LogP) is 0.668. The number of carbonyl (C=O) groups excluding carboxylic acids is 2. The van der Waals surface area contributed by atoms with E-state index in [9.17, 15) is 19.5 Å². The van der Waals surface area contributed by atoms with Gasteiger partial charge in [0.25, 0.3) is 0 Å². The Bertz CT molecular complexity index is 802. The largest absolute Gasteiger partial charge is 0.496 e. The number of carboxylic acid groups (broad SMARTS) is 1. The van der Waals surface area contributed by atoms with E-state index in [-0.39, 0.29) is 19.5 Å². The first-order chi connectivity index (χ1) is 12.4. The maximum absolute atomic E-state index is 12.2. The minimum absolute atomic E-state index is 0.0139. The monoisotopic (exact) mass is 362 g/mol. The zero-order valence-corrected chi connectivity index (χ0v) is 14.4. The van der Waals surface area contributed by atoms with Crippen LogP contribution in [0.4, 0.5) is 4.79 Å². The Morgan fingerprint density at radius 2 is 2.08 bits per heavy atom. The van der Waals surface area contributed by atoms with Gasteiger partial charge in [0.05, 0.1) is 12.6 Å². The maximum atomic E-state index is 12.2. The van der Waals surface area contributed by atoms with Crippen molar-refractivity contribution < 1.29 is 24.2 Å². The molecule has 3 amide bonds. The van der Waals surface area contributed by atoms with Crippen molar-refractivity contribution in [2.24, 2.45) is 5.73 Å². The molecule has 5 N–H and O–H groups in total. The number of ether oxygens (including phenoxy) is 1. The fourth-order valence-corrected chi connectivity index (χ4v) is 2.68. The molecule has 140 valence electrons. The molecular formula is C17H22N4O5. The molecule has 0 aliphatic heterocycles. The zero-order valence-electron chi connectivity index (χ0n) is 14.4. The van der Waals surface area contributed by atoms with Crippen LogP contribution in [-0.2, 0) is 16.1 Å². The summed E-state index contributed by atoms with van der Waals surface area (Å²) in [7, 11) is 1.57. The maximum Gasteiger partial charge on any atom is 0.326 e. The number of aromatic nitrogens is 1. The van der Waals surface area contributed by atoms with E-state index in [2.05, 4.69) is 10.6 Å². The molecular weight excluding hydrogens is 340 g/mol. The number of carbonyl (C=O) groups is 3. The van der Waals surface area contributed by atoms with Crippen molar-refractivity contribution in [2.75, 3.05) is 13.7 Å². The van der Waals surface area contributed by atoms with Crippen LogP contribution in [-0.4, -0.2) is 47.3 Å². The van der Waals surface area contributed by atoms with E-state index in [1.165, 1.54) is 0 Å². The van der Waals surface area contributed by atoms with Gasteiger partial charge in [-0.1, -0.05) is 6.07 Å². The van der Waals surface area contributed by atoms with Gasteiger partial charge in [-0.3, -0.25) is 4.79 Å². The fourth-order valence-electron chi connectivity index (χ4n) is 2.68. The van der Waals surface area contributed by atoms with Crippen LogP contribution in [0.5, 0.6) is 5.75 Å². The van der Waals surface area contributed by atoms with Gasteiger partial charge in [0.1, 0.15) is 18.3 Å². The van der Waals surface area contributed by atoms with Crippen LogP contribution in [0.1, 0.15) is 12.8 Å². The number of nitrogens with zero attached hydrogens (tertiary/aromatic N) is 1. The lowest BCUT2D eigenvalue weighted by atomic mass is 10.1. The van der Waals surface area contributed by atoms with Gasteiger partial charge >= 0.3 is 12.0 Å². The lowest BCUT2D eigenvalue weighted by molar-refractivity contribution is -0.142. The number of nitrogens with two attached hydrogens (primary N) is 1. The Labute approximate surface area is 150 Å². The lowest BCUT2D eigenvalue weighted by Gasteiger charge is -2.15. The van der Waals surface area contributed by atoms with E-state index in [1.54, 1.807) is 17.9 Å². The van der Waals surface area contributed by atoms with E-state index in [0.29, 0.717) is 12.2 Å². The van der Waals surface area contributed by atoms with E-state index in [4.69, 9.17) is 10.5 Å². The second-order valence-corrected chi connectivity index (χ2v) is 5.73. The number of primary amides is 1. The van der Waals surface area contributed by atoms with E-state index < -0.39 is 23.9 Å². The summed E-state index contributed by atoms with van der Waals surface area (Å²) >= 11 is 0. The molecule has 1 heterocycles. The molecule has 1 atom stereocenters. The van der Waals surface area contributed by atoms with Gasteiger partial charge in [-0.15, -0.1) is 0 Å². The summed E-state index contributed by atoms with van der Waals surface area (Å²) in [6.07, 6.45) is 2.31. The van der Waals surface area contributed by atoms with Crippen molar-refractivity contribution in [2.45, 2.75) is 25.4 Å². The highest BCUT2D eigenvalue weighted by Crippen LogP contribution is 2.26. The van der Waals surface area contributed by atoms with Crippen LogP contribution >= 0.6 is 0 Å². The third kappa shape index (κ3) is 4.88. The number of amides is 3. The summed E-state index contributed by atoms with van der Waals surface area (Å²) in [5.41, 5.74) is 5.76. The fraction of sp³-hybridized carbons (Fsp3) is 0.353. The highest BCUT2D eigenvalue weighted by molar-refractivity contribution is 5.89. The summed E-state index contributed by atoms with van der Waals surface area (Å²) in [4.78, 5) is 34.2. The molecule has 26 heavy (non-hydrogen) atoms. The first-order valence-electron chi connectivity index (χ1n) is 8.09. The third-order valence-corrected chi connectivity index (χ3v) is 3.91. The highest BCUT2D eigenvalue weighted by Gasteiger charge is 2.20. The van der Waals surface area contributed by atoms with Crippen LogP contribution in [0.15, 0.2) is 30.5 Å². The van der Waals surface area contributed by atoms with Gasteiger partial charge in [-0.25, -0.2) is 9.59 Å². The molecule has 9 nitrogen and oxygen atoms in total. The molecule has 2 rings (SSSR count). The molecule has 0 radical (unpaired) electrons. The van der Waals surface area contributed by atoms with Gasteiger partial charge < -0.3 is 30.8 Å². The lowest BCUT2D eigenvalue weighted by Crippen LogP contribution is -2.42. The third-order valence-electron chi connectivity index (χ3n) is 3.91. The van der Waals surface area contributed by atoms with Gasteiger partial charge in [-0.2, -0.15) is 0 Å². The molecule has 0 saturated carbocycles. The molecule has 2 aromatic rings. The van der Waals surface area contributed by atoms with Crippen LogP contribution in [0.3, 0.4) is 0 Å². The first-order valence-corrected chi connectivity index (χ1v) is 8.09. The quantitative estimate of drug-likeness (QED) is 0.486. The second kappa shape index (κ2) is 8.75. The number of hydrogen-bond donors (Lipinski definition) is 4. The summed E-state index contributed by atoms with van der Waals surface area (Å²) in [5, 5.41) is 15.0.